The summed E-state index contributed by atoms with van der Waals surface area (Å²) in [5, 5.41) is 10.4. The highest BCUT2D eigenvalue weighted by Crippen LogP contribution is 2.09. The fourth-order valence-corrected chi connectivity index (χ4v) is 3.26. The molecule has 3 heterocycles. The van der Waals surface area contributed by atoms with Gasteiger partial charge in [-0.1, -0.05) is 5.16 Å². The maximum atomic E-state index is 12.3. The van der Waals surface area contributed by atoms with Gasteiger partial charge in [0.05, 0.1) is 0 Å². The van der Waals surface area contributed by atoms with E-state index in [0.717, 1.165) is 19.6 Å². The van der Waals surface area contributed by atoms with Gasteiger partial charge in [-0.05, 0) is 18.4 Å². The number of aryl methyl sites for hydroxylation is 1. The Morgan fingerprint density at radius 1 is 1.33 bits per heavy atom. The molecule has 0 aliphatic carbocycles. The van der Waals surface area contributed by atoms with Crippen LogP contribution in [0.2, 0.25) is 0 Å². The maximum absolute atomic E-state index is 12.3. The number of carbonyl (C=O) groups excluding carboxylic acids is 2. The third kappa shape index (κ3) is 4.01. The van der Waals surface area contributed by atoms with Crippen molar-refractivity contribution in [3.05, 3.63) is 39.9 Å². The first kappa shape index (κ1) is 16.7. The minimum atomic E-state index is -0.0859. The molecule has 0 atom stereocenters. The molecule has 128 valence electrons. The number of nitrogens with zero attached hydrogens (tertiary/aromatic N) is 3. The van der Waals surface area contributed by atoms with Gasteiger partial charge in [0.25, 0.3) is 11.8 Å². The molecule has 3 rings (SSSR count). The van der Waals surface area contributed by atoms with Crippen molar-refractivity contribution < 1.29 is 14.1 Å². The van der Waals surface area contributed by atoms with E-state index >= 15 is 0 Å². The molecular weight excluding hydrogens is 328 g/mol. The minimum Gasteiger partial charge on any atom is -0.361 e. The summed E-state index contributed by atoms with van der Waals surface area (Å²) in [6, 6.07) is 3.48. The van der Waals surface area contributed by atoms with Gasteiger partial charge in [-0.2, -0.15) is 11.3 Å². The van der Waals surface area contributed by atoms with Gasteiger partial charge in [-0.3, -0.25) is 14.5 Å². The molecule has 2 aromatic heterocycles. The Morgan fingerprint density at radius 2 is 2.12 bits per heavy atom. The molecule has 0 radical (unpaired) electrons. The van der Waals surface area contributed by atoms with Crippen molar-refractivity contribution in [2.24, 2.45) is 0 Å². The van der Waals surface area contributed by atoms with Crippen LogP contribution in [0.15, 0.2) is 27.4 Å². The van der Waals surface area contributed by atoms with Crippen molar-refractivity contribution in [3.63, 3.8) is 0 Å². The summed E-state index contributed by atoms with van der Waals surface area (Å²) in [4.78, 5) is 28.2. The Kier molecular flexibility index (Phi) is 5.27. The Hall–Kier alpha value is -2.19. The molecule has 1 fully saturated rings. The van der Waals surface area contributed by atoms with E-state index in [1.165, 1.54) is 11.3 Å². The zero-order valence-electron chi connectivity index (χ0n) is 13.5. The molecule has 1 saturated heterocycles. The van der Waals surface area contributed by atoms with Crippen LogP contribution in [0.5, 0.6) is 0 Å². The summed E-state index contributed by atoms with van der Waals surface area (Å²) in [5.74, 6) is 0.516. The van der Waals surface area contributed by atoms with Crippen LogP contribution in [-0.2, 0) is 0 Å². The molecule has 2 aromatic rings. The molecule has 7 nitrogen and oxygen atoms in total. The zero-order chi connectivity index (χ0) is 16.9. The van der Waals surface area contributed by atoms with E-state index in [0.29, 0.717) is 36.7 Å². The quantitative estimate of drug-likeness (QED) is 0.879. The van der Waals surface area contributed by atoms with Gasteiger partial charge < -0.3 is 14.7 Å². The summed E-state index contributed by atoms with van der Waals surface area (Å²) < 4.78 is 4.96. The Morgan fingerprint density at radius 3 is 2.75 bits per heavy atom. The van der Waals surface area contributed by atoms with Gasteiger partial charge >= 0.3 is 0 Å². The van der Waals surface area contributed by atoms with Crippen LogP contribution in [0.4, 0.5) is 0 Å². The van der Waals surface area contributed by atoms with E-state index in [9.17, 15) is 9.59 Å². The molecule has 1 aliphatic heterocycles. The van der Waals surface area contributed by atoms with E-state index in [4.69, 9.17) is 4.52 Å². The number of piperazine rings is 1. The maximum Gasteiger partial charge on any atom is 0.276 e. The van der Waals surface area contributed by atoms with Gasteiger partial charge in [-0.25, -0.2) is 0 Å². The fourth-order valence-electron chi connectivity index (χ4n) is 2.63. The lowest BCUT2D eigenvalue weighted by atomic mass is 10.2. The molecule has 2 amide bonds. The first-order chi connectivity index (χ1) is 11.6. The molecule has 0 saturated carbocycles. The minimum absolute atomic E-state index is 0.0357. The average Bonchev–Trinajstić information content (AvgIpc) is 3.26. The predicted molar refractivity (Wildman–Crippen MR) is 90.2 cm³/mol. The molecule has 0 unspecified atom stereocenters. The third-order valence-electron chi connectivity index (χ3n) is 4.00. The number of aromatic nitrogens is 1. The van der Waals surface area contributed by atoms with Crippen LogP contribution in [0.1, 0.15) is 26.6 Å². The number of carbonyl (C=O) groups is 2. The summed E-state index contributed by atoms with van der Waals surface area (Å²) in [5.41, 5.74) is 1.07. The highest BCUT2D eigenvalue weighted by atomic mass is 32.1. The topological polar surface area (TPSA) is 78.7 Å². The van der Waals surface area contributed by atoms with Crippen LogP contribution in [-0.4, -0.2) is 66.0 Å². The molecule has 8 heteroatoms. The summed E-state index contributed by atoms with van der Waals surface area (Å²) in [6.45, 7) is 6.04. The Labute approximate surface area is 144 Å². The Bertz CT molecular complexity index is 690. The van der Waals surface area contributed by atoms with Crippen molar-refractivity contribution in [2.45, 2.75) is 6.92 Å². The van der Waals surface area contributed by atoms with E-state index in [2.05, 4.69) is 15.4 Å². The van der Waals surface area contributed by atoms with Crippen molar-refractivity contribution in [1.82, 2.24) is 20.3 Å². The van der Waals surface area contributed by atoms with Crippen LogP contribution < -0.4 is 5.32 Å². The monoisotopic (exact) mass is 348 g/mol. The van der Waals surface area contributed by atoms with Crippen LogP contribution >= 0.6 is 11.3 Å². The highest BCUT2D eigenvalue weighted by molar-refractivity contribution is 7.08. The molecule has 0 aromatic carbocycles. The van der Waals surface area contributed by atoms with Crippen molar-refractivity contribution >= 4 is 23.2 Å². The lowest BCUT2D eigenvalue weighted by Gasteiger charge is -2.34. The van der Waals surface area contributed by atoms with Crippen LogP contribution in [0, 0.1) is 6.92 Å². The van der Waals surface area contributed by atoms with Gasteiger partial charge in [0, 0.05) is 56.3 Å². The molecular formula is C16H20N4O3S. The lowest BCUT2D eigenvalue weighted by Crippen LogP contribution is -2.50. The Balaban J connectivity index is 1.39. The third-order valence-corrected chi connectivity index (χ3v) is 4.69. The standard InChI is InChI=1S/C16H20N4O3S/c1-12-10-14(18-23-12)16(22)20-7-5-19(6-8-20)4-3-17-15(21)13-2-9-24-11-13/h2,9-11H,3-8H2,1H3,(H,17,21). The predicted octanol–water partition coefficient (Wildman–Crippen LogP) is 1.23. The number of hydrogen-bond donors (Lipinski definition) is 1. The number of nitrogens with one attached hydrogen (secondary N) is 1. The van der Waals surface area contributed by atoms with E-state index in [1.807, 2.05) is 16.8 Å². The number of rotatable bonds is 5. The lowest BCUT2D eigenvalue weighted by molar-refractivity contribution is 0.0628. The average molecular weight is 348 g/mol. The smallest absolute Gasteiger partial charge is 0.276 e. The van der Waals surface area contributed by atoms with E-state index < -0.39 is 0 Å². The summed E-state index contributed by atoms with van der Waals surface area (Å²) >= 11 is 1.51. The molecule has 0 spiro atoms. The summed E-state index contributed by atoms with van der Waals surface area (Å²) in [6.07, 6.45) is 0. The highest BCUT2D eigenvalue weighted by Gasteiger charge is 2.24. The van der Waals surface area contributed by atoms with Crippen molar-refractivity contribution in [1.29, 1.82) is 0 Å². The first-order valence-electron chi connectivity index (χ1n) is 7.89. The molecule has 0 bridgehead atoms. The van der Waals surface area contributed by atoms with Gasteiger partial charge in [0.2, 0.25) is 0 Å². The molecule has 1 N–H and O–H groups in total. The number of thiophene rings is 1. The first-order valence-corrected chi connectivity index (χ1v) is 8.83. The largest absolute Gasteiger partial charge is 0.361 e. The number of hydrogen-bond acceptors (Lipinski definition) is 6. The van der Waals surface area contributed by atoms with Gasteiger partial charge in [0.15, 0.2) is 5.69 Å². The van der Waals surface area contributed by atoms with Crippen molar-refractivity contribution in [2.75, 3.05) is 39.3 Å². The zero-order valence-corrected chi connectivity index (χ0v) is 14.3. The van der Waals surface area contributed by atoms with Crippen LogP contribution in [0.25, 0.3) is 0 Å². The number of amides is 2. The normalized spacial score (nSPS) is 15.5. The second-order valence-electron chi connectivity index (χ2n) is 5.72. The SMILES string of the molecule is Cc1cc(C(=O)N2CCN(CCNC(=O)c3ccsc3)CC2)no1. The van der Waals surface area contributed by atoms with Crippen LogP contribution in [0.3, 0.4) is 0 Å². The fraction of sp³-hybridized carbons (Fsp3) is 0.438. The second kappa shape index (κ2) is 7.59. The van der Waals surface area contributed by atoms with E-state index in [1.54, 1.807) is 17.9 Å². The molecule has 24 heavy (non-hydrogen) atoms. The molecule has 1 aliphatic rings. The van der Waals surface area contributed by atoms with Gasteiger partial charge in [-0.15, -0.1) is 0 Å². The van der Waals surface area contributed by atoms with Crippen molar-refractivity contribution in [3.8, 4) is 0 Å². The van der Waals surface area contributed by atoms with E-state index in [-0.39, 0.29) is 11.8 Å². The summed E-state index contributed by atoms with van der Waals surface area (Å²) in [7, 11) is 0. The second-order valence-corrected chi connectivity index (χ2v) is 6.50. The van der Waals surface area contributed by atoms with Gasteiger partial charge in [0.1, 0.15) is 5.76 Å².